The molecule has 0 fully saturated rings. The van der Waals surface area contributed by atoms with Crippen LogP contribution in [0.5, 0.6) is 0 Å². The van der Waals surface area contributed by atoms with Crippen molar-refractivity contribution in [2.45, 2.75) is 29.6 Å². The molecule has 6 nitrogen and oxygen atoms in total. The molecule has 0 bridgehead atoms. The molecule has 0 saturated carbocycles. The van der Waals surface area contributed by atoms with E-state index in [1.807, 2.05) is 42.5 Å². The predicted molar refractivity (Wildman–Crippen MR) is 105 cm³/mol. The molecule has 27 heavy (non-hydrogen) atoms. The predicted octanol–water partition coefficient (Wildman–Crippen LogP) is 3.08. The van der Waals surface area contributed by atoms with Crippen molar-refractivity contribution in [3.05, 3.63) is 54.6 Å². The highest BCUT2D eigenvalue weighted by Crippen LogP contribution is 2.36. The second kappa shape index (κ2) is 8.26. The van der Waals surface area contributed by atoms with Gasteiger partial charge in [0.2, 0.25) is 5.91 Å². The lowest BCUT2D eigenvalue weighted by Crippen LogP contribution is -2.38. The maximum Gasteiger partial charge on any atom is 0.308 e. The van der Waals surface area contributed by atoms with Gasteiger partial charge in [0.15, 0.2) is 6.10 Å². The molecule has 2 aromatic carbocycles. The first-order valence-corrected chi connectivity index (χ1v) is 9.42. The number of hydrogen-bond donors (Lipinski definition) is 1. The summed E-state index contributed by atoms with van der Waals surface area (Å²) in [6, 6.07) is 16.5. The van der Waals surface area contributed by atoms with Gasteiger partial charge in [-0.2, -0.15) is 0 Å². The number of benzene rings is 2. The number of amides is 2. The van der Waals surface area contributed by atoms with Gasteiger partial charge in [-0.15, -0.1) is 11.8 Å². The van der Waals surface area contributed by atoms with Gasteiger partial charge in [0.05, 0.1) is 17.4 Å². The Labute approximate surface area is 161 Å². The molecule has 0 radical (unpaired) electrons. The molecule has 2 aromatic rings. The third-order valence-electron chi connectivity index (χ3n) is 4.19. The first-order chi connectivity index (χ1) is 13.0. The lowest BCUT2D eigenvalue weighted by molar-refractivity contribution is -0.154. The van der Waals surface area contributed by atoms with Crippen molar-refractivity contribution in [2.75, 3.05) is 17.3 Å². The van der Waals surface area contributed by atoms with Crippen LogP contribution in [0.25, 0.3) is 0 Å². The largest absolute Gasteiger partial charge is 0.452 e. The third kappa shape index (κ3) is 4.49. The Morgan fingerprint density at radius 3 is 2.56 bits per heavy atom. The number of carbonyl (C=O) groups is 3. The Morgan fingerprint density at radius 2 is 1.81 bits per heavy atom. The maximum absolute atomic E-state index is 12.5. The molecule has 2 amide bonds. The van der Waals surface area contributed by atoms with Gasteiger partial charge >= 0.3 is 5.97 Å². The number of ether oxygens (including phenoxy) is 1. The molecule has 1 heterocycles. The van der Waals surface area contributed by atoms with Crippen LogP contribution in [0.4, 0.5) is 11.4 Å². The molecular formula is C20H20N2O4S. The molecule has 1 aliphatic heterocycles. The Balaban J connectivity index is 1.57. The van der Waals surface area contributed by atoms with Crippen molar-refractivity contribution < 1.29 is 19.1 Å². The highest BCUT2D eigenvalue weighted by atomic mass is 32.2. The van der Waals surface area contributed by atoms with Gasteiger partial charge in [-0.3, -0.25) is 14.4 Å². The van der Waals surface area contributed by atoms with Crippen molar-refractivity contribution in [3.8, 4) is 0 Å². The Morgan fingerprint density at radius 1 is 1.15 bits per heavy atom. The first kappa shape index (κ1) is 19.0. The zero-order valence-electron chi connectivity index (χ0n) is 15.0. The molecule has 2 atom stereocenters. The lowest BCUT2D eigenvalue weighted by atomic mass is 10.2. The molecule has 0 saturated heterocycles. The molecule has 140 valence electrons. The number of para-hydroxylation sites is 2. The number of nitrogens with zero attached hydrogens (tertiary/aromatic N) is 1. The van der Waals surface area contributed by atoms with E-state index in [0.29, 0.717) is 5.69 Å². The van der Waals surface area contributed by atoms with E-state index in [4.69, 9.17) is 4.74 Å². The van der Waals surface area contributed by atoms with Crippen LogP contribution >= 0.6 is 11.8 Å². The fourth-order valence-electron chi connectivity index (χ4n) is 2.73. The summed E-state index contributed by atoms with van der Waals surface area (Å²) in [6.07, 6.45) is -1.04. The van der Waals surface area contributed by atoms with Crippen LogP contribution in [-0.2, 0) is 19.1 Å². The number of fused-ring (bicyclic) bond motifs is 1. The molecule has 0 aromatic heterocycles. The van der Waals surface area contributed by atoms with Crippen LogP contribution in [0.1, 0.15) is 13.3 Å². The van der Waals surface area contributed by atoms with Gasteiger partial charge in [0, 0.05) is 17.6 Å². The summed E-state index contributed by atoms with van der Waals surface area (Å²) in [7, 11) is 1.63. The summed E-state index contributed by atoms with van der Waals surface area (Å²) in [5.74, 6) is -1.15. The van der Waals surface area contributed by atoms with E-state index in [0.717, 1.165) is 10.6 Å². The third-order valence-corrected chi connectivity index (χ3v) is 5.46. The zero-order chi connectivity index (χ0) is 19.4. The van der Waals surface area contributed by atoms with E-state index in [1.165, 1.54) is 23.6 Å². The number of nitrogens with one attached hydrogen (secondary N) is 1. The number of thioether (sulfide) groups is 1. The van der Waals surface area contributed by atoms with Crippen molar-refractivity contribution in [1.82, 2.24) is 0 Å². The number of esters is 1. The normalized spacial score (nSPS) is 16.7. The summed E-state index contributed by atoms with van der Waals surface area (Å²) in [5.41, 5.74) is 1.45. The molecule has 7 heteroatoms. The summed E-state index contributed by atoms with van der Waals surface area (Å²) < 4.78 is 5.27. The van der Waals surface area contributed by atoms with Crippen molar-refractivity contribution in [1.29, 1.82) is 0 Å². The van der Waals surface area contributed by atoms with Crippen LogP contribution in [0.3, 0.4) is 0 Å². The average Bonchev–Trinajstić information content (AvgIpc) is 2.68. The number of carbonyl (C=O) groups excluding carboxylic acids is 3. The van der Waals surface area contributed by atoms with Gasteiger partial charge in [-0.25, -0.2) is 0 Å². The van der Waals surface area contributed by atoms with Gasteiger partial charge in [0.1, 0.15) is 0 Å². The van der Waals surface area contributed by atoms with Crippen LogP contribution < -0.4 is 10.2 Å². The minimum absolute atomic E-state index is 0.0997. The van der Waals surface area contributed by atoms with Gasteiger partial charge in [-0.05, 0) is 31.2 Å². The first-order valence-electron chi connectivity index (χ1n) is 8.54. The van der Waals surface area contributed by atoms with Gasteiger partial charge < -0.3 is 15.0 Å². The number of hydrogen-bond acceptors (Lipinski definition) is 5. The SMILES string of the molecule is CC(OC(=O)CC1Sc2ccccc2NC1=O)C(=O)N(C)c1ccccc1. The smallest absolute Gasteiger partial charge is 0.308 e. The minimum atomic E-state index is -0.938. The maximum atomic E-state index is 12.5. The molecule has 1 N–H and O–H groups in total. The number of rotatable bonds is 5. The quantitative estimate of drug-likeness (QED) is 0.802. The second-order valence-corrected chi connectivity index (χ2v) is 7.41. The summed E-state index contributed by atoms with van der Waals surface area (Å²) in [6.45, 7) is 1.53. The van der Waals surface area contributed by atoms with Crippen molar-refractivity contribution in [3.63, 3.8) is 0 Å². The highest BCUT2D eigenvalue weighted by Gasteiger charge is 2.31. The van der Waals surface area contributed by atoms with E-state index in [1.54, 1.807) is 19.2 Å². The van der Waals surface area contributed by atoms with Crippen LogP contribution in [-0.4, -0.2) is 36.2 Å². The number of likely N-dealkylation sites (N-methyl/N-ethyl adjacent to an activating group) is 1. The van der Waals surface area contributed by atoms with Crippen molar-refractivity contribution in [2.24, 2.45) is 0 Å². The summed E-state index contributed by atoms with van der Waals surface area (Å²) >= 11 is 1.32. The van der Waals surface area contributed by atoms with E-state index >= 15 is 0 Å². The standard InChI is InChI=1S/C20H20N2O4S/c1-13(20(25)22(2)14-8-4-3-5-9-14)26-18(23)12-17-19(24)21-15-10-6-7-11-16(15)27-17/h3-11,13,17H,12H2,1-2H3,(H,21,24). The number of anilines is 2. The average molecular weight is 384 g/mol. The lowest BCUT2D eigenvalue weighted by Gasteiger charge is -2.24. The van der Waals surface area contributed by atoms with Gasteiger partial charge in [-0.1, -0.05) is 30.3 Å². The van der Waals surface area contributed by atoms with E-state index in [2.05, 4.69) is 5.32 Å². The van der Waals surface area contributed by atoms with Crippen LogP contribution in [0.2, 0.25) is 0 Å². The Bertz CT molecular complexity index is 856. The Kier molecular flexibility index (Phi) is 5.81. The van der Waals surface area contributed by atoms with Gasteiger partial charge in [0.25, 0.3) is 5.91 Å². The van der Waals surface area contributed by atoms with E-state index < -0.39 is 17.3 Å². The van der Waals surface area contributed by atoms with Crippen LogP contribution in [0, 0.1) is 0 Å². The molecule has 0 spiro atoms. The zero-order valence-corrected chi connectivity index (χ0v) is 15.9. The molecule has 1 aliphatic rings. The fraction of sp³-hybridized carbons (Fsp3) is 0.250. The molecule has 0 aliphatic carbocycles. The fourth-order valence-corrected chi connectivity index (χ4v) is 3.82. The molecule has 2 unspecified atom stereocenters. The van der Waals surface area contributed by atoms with E-state index in [9.17, 15) is 14.4 Å². The van der Waals surface area contributed by atoms with E-state index in [-0.39, 0.29) is 18.2 Å². The summed E-state index contributed by atoms with van der Waals surface area (Å²) in [4.78, 5) is 39.3. The minimum Gasteiger partial charge on any atom is -0.452 e. The van der Waals surface area contributed by atoms with Crippen LogP contribution in [0.15, 0.2) is 59.5 Å². The highest BCUT2D eigenvalue weighted by molar-refractivity contribution is 8.01. The monoisotopic (exact) mass is 384 g/mol. The summed E-state index contributed by atoms with van der Waals surface area (Å²) in [5, 5.41) is 2.21. The van der Waals surface area contributed by atoms with Crippen molar-refractivity contribution >= 4 is 40.9 Å². The second-order valence-electron chi connectivity index (χ2n) is 6.16. The molecular weight excluding hydrogens is 364 g/mol. The molecule has 3 rings (SSSR count). The Hall–Kier alpha value is -2.80. The topological polar surface area (TPSA) is 75.7 Å².